The van der Waals surface area contributed by atoms with Crippen LogP contribution in [0.1, 0.15) is 50.5 Å². The predicted octanol–water partition coefficient (Wildman–Crippen LogP) is 2.77. The number of carbonyl (C=O) groups excluding carboxylic acids is 2. The number of carbonyl (C=O) groups is 2. The number of likely N-dealkylation sites (tertiary alicyclic amines) is 1. The van der Waals surface area contributed by atoms with Gasteiger partial charge in [-0.05, 0) is 19.3 Å². The Hall–Kier alpha value is -1.70. The number of hydrogen-bond donors (Lipinski definition) is 1. The SMILES string of the molecule is CCC[C@@H](C)c1nnc(NC(=O)C2CCN(C(=O)N(C)C)CC2)s1. The molecule has 24 heavy (non-hydrogen) atoms. The zero-order chi connectivity index (χ0) is 17.7. The van der Waals surface area contributed by atoms with Gasteiger partial charge in [-0.3, -0.25) is 4.79 Å². The Bertz CT molecular complexity index is 567. The van der Waals surface area contributed by atoms with Gasteiger partial charge in [0.05, 0.1) is 0 Å². The topological polar surface area (TPSA) is 78.4 Å². The summed E-state index contributed by atoms with van der Waals surface area (Å²) in [5.41, 5.74) is 0. The minimum atomic E-state index is -0.0726. The number of nitrogens with one attached hydrogen (secondary N) is 1. The van der Waals surface area contributed by atoms with Gasteiger partial charge in [0, 0.05) is 39.0 Å². The number of urea groups is 1. The zero-order valence-electron chi connectivity index (χ0n) is 14.9. The van der Waals surface area contributed by atoms with E-state index in [9.17, 15) is 9.59 Å². The smallest absolute Gasteiger partial charge is 0.319 e. The average molecular weight is 353 g/mol. The van der Waals surface area contributed by atoms with Crippen LogP contribution in [0.15, 0.2) is 0 Å². The molecular weight excluding hydrogens is 326 g/mol. The number of aromatic nitrogens is 2. The van der Waals surface area contributed by atoms with Gasteiger partial charge >= 0.3 is 6.03 Å². The van der Waals surface area contributed by atoms with Gasteiger partial charge in [-0.15, -0.1) is 10.2 Å². The first-order valence-corrected chi connectivity index (χ1v) is 9.34. The Morgan fingerprint density at radius 2 is 2.00 bits per heavy atom. The van der Waals surface area contributed by atoms with E-state index >= 15 is 0 Å². The van der Waals surface area contributed by atoms with Crippen molar-refractivity contribution in [1.82, 2.24) is 20.0 Å². The fourth-order valence-electron chi connectivity index (χ4n) is 2.86. The van der Waals surface area contributed by atoms with Crippen LogP contribution in [0.3, 0.4) is 0 Å². The van der Waals surface area contributed by atoms with Crippen LogP contribution in [0.25, 0.3) is 0 Å². The molecule has 3 amide bonds. The molecule has 8 heteroatoms. The second-order valence-corrected chi connectivity index (χ2v) is 7.57. The van der Waals surface area contributed by atoms with Gasteiger partial charge in [0.1, 0.15) is 5.01 Å². The van der Waals surface area contributed by atoms with Crippen molar-refractivity contribution in [2.24, 2.45) is 5.92 Å². The van der Waals surface area contributed by atoms with Crippen LogP contribution in [-0.2, 0) is 4.79 Å². The number of piperidine rings is 1. The molecule has 2 rings (SSSR count). The Morgan fingerprint density at radius 3 is 2.58 bits per heavy atom. The largest absolute Gasteiger partial charge is 0.331 e. The van der Waals surface area contributed by atoms with Crippen LogP contribution in [-0.4, -0.2) is 59.1 Å². The van der Waals surface area contributed by atoms with Crippen molar-refractivity contribution >= 4 is 28.4 Å². The van der Waals surface area contributed by atoms with E-state index in [1.165, 1.54) is 11.3 Å². The zero-order valence-corrected chi connectivity index (χ0v) is 15.7. The molecule has 1 atom stereocenters. The second-order valence-electron chi connectivity index (χ2n) is 6.56. The number of amides is 3. The van der Waals surface area contributed by atoms with Gasteiger partial charge < -0.3 is 15.1 Å². The van der Waals surface area contributed by atoms with Crippen molar-refractivity contribution in [2.75, 3.05) is 32.5 Å². The predicted molar refractivity (Wildman–Crippen MR) is 95.2 cm³/mol. The van der Waals surface area contributed by atoms with E-state index in [1.807, 2.05) is 0 Å². The molecule has 1 aliphatic heterocycles. The minimum Gasteiger partial charge on any atom is -0.331 e. The highest BCUT2D eigenvalue weighted by atomic mass is 32.1. The summed E-state index contributed by atoms with van der Waals surface area (Å²) in [5, 5.41) is 12.7. The maximum Gasteiger partial charge on any atom is 0.319 e. The summed E-state index contributed by atoms with van der Waals surface area (Å²) in [6.45, 7) is 5.51. The normalized spacial score (nSPS) is 16.8. The maximum atomic E-state index is 12.4. The molecule has 0 radical (unpaired) electrons. The quantitative estimate of drug-likeness (QED) is 0.883. The van der Waals surface area contributed by atoms with Crippen molar-refractivity contribution in [3.63, 3.8) is 0 Å². The lowest BCUT2D eigenvalue weighted by atomic mass is 9.96. The molecule has 1 aliphatic rings. The third-order valence-electron chi connectivity index (χ3n) is 4.33. The summed E-state index contributed by atoms with van der Waals surface area (Å²) < 4.78 is 0. The lowest BCUT2D eigenvalue weighted by Crippen LogP contribution is -2.45. The van der Waals surface area contributed by atoms with Crippen molar-refractivity contribution in [2.45, 2.75) is 45.4 Å². The van der Waals surface area contributed by atoms with Gasteiger partial charge in [-0.2, -0.15) is 0 Å². The average Bonchev–Trinajstić information content (AvgIpc) is 3.03. The molecule has 0 unspecified atom stereocenters. The van der Waals surface area contributed by atoms with Crippen molar-refractivity contribution in [3.05, 3.63) is 5.01 Å². The van der Waals surface area contributed by atoms with E-state index in [-0.39, 0.29) is 17.9 Å². The van der Waals surface area contributed by atoms with Crippen LogP contribution in [0.2, 0.25) is 0 Å². The molecular formula is C16H27N5O2S. The molecule has 0 spiro atoms. The molecule has 1 N–H and O–H groups in total. The van der Waals surface area contributed by atoms with Crippen LogP contribution < -0.4 is 5.32 Å². The summed E-state index contributed by atoms with van der Waals surface area (Å²) in [5.74, 6) is 0.285. The van der Waals surface area contributed by atoms with Crippen molar-refractivity contribution in [1.29, 1.82) is 0 Å². The van der Waals surface area contributed by atoms with E-state index < -0.39 is 0 Å². The van der Waals surface area contributed by atoms with E-state index in [0.29, 0.717) is 37.0 Å². The third kappa shape index (κ3) is 4.66. The Labute approximate surface area is 147 Å². The van der Waals surface area contributed by atoms with Crippen LogP contribution >= 0.6 is 11.3 Å². The molecule has 1 saturated heterocycles. The molecule has 0 bridgehead atoms. The Kier molecular flexibility index (Phi) is 6.53. The van der Waals surface area contributed by atoms with Gasteiger partial charge in [-0.1, -0.05) is 31.6 Å². The number of rotatable bonds is 5. The molecule has 1 aromatic rings. The molecule has 0 aliphatic carbocycles. The van der Waals surface area contributed by atoms with Gasteiger partial charge in [-0.25, -0.2) is 4.79 Å². The lowest BCUT2D eigenvalue weighted by Gasteiger charge is -2.32. The first kappa shape index (κ1) is 18.6. The number of anilines is 1. The van der Waals surface area contributed by atoms with Crippen LogP contribution in [0.4, 0.5) is 9.93 Å². The second kappa shape index (κ2) is 8.41. The highest BCUT2D eigenvalue weighted by Crippen LogP contribution is 2.27. The van der Waals surface area contributed by atoms with E-state index in [0.717, 1.165) is 17.8 Å². The fourth-order valence-corrected chi connectivity index (χ4v) is 3.70. The molecule has 7 nitrogen and oxygen atoms in total. The summed E-state index contributed by atoms with van der Waals surface area (Å²) >= 11 is 1.46. The fraction of sp³-hybridized carbons (Fsp3) is 0.750. The third-order valence-corrected chi connectivity index (χ3v) is 5.40. The maximum absolute atomic E-state index is 12.4. The summed E-state index contributed by atoms with van der Waals surface area (Å²) in [6.07, 6.45) is 3.54. The number of nitrogens with zero attached hydrogens (tertiary/aromatic N) is 4. The highest BCUT2D eigenvalue weighted by molar-refractivity contribution is 7.15. The molecule has 0 aromatic carbocycles. The summed E-state index contributed by atoms with van der Waals surface area (Å²) in [6, 6.07) is 0.00698. The Balaban J connectivity index is 1.85. The van der Waals surface area contributed by atoms with Gasteiger partial charge in [0.2, 0.25) is 11.0 Å². The van der Waals surface area contributed by atoms with Crippen LogP contribution in [0, 0.1) is 5.92 Å². The van der Waals surface area contributed by atoms with E-state index in [2.05, 4.69) is 29.4 Å². The monoisotopic (exact) mass is 353 g/mol. The van der Waals surface area contributed by atoms with E-state index in [4.69, 9.17) is 0 Å². The Morgan fingerprint density at radius 1 is 1.33 bits per heavy atom. The van der Waals surface area contributed by atoms with Crippen molar-refractivity contribution < 1.29 is 9.59 Å². The minimum absolute atomic E-state index is 0.00698. The molecule has 2 heterocycles. The molecule has 1 aromatic heterocycles. The molecule has 1 fully saturated rings. The molecule has 0 saturated carbocycles. The summed E-state index contributed by atoms with van der Waals surface area (Å²) in [7, 11) is 3.49. The number of hydrogen-bond acceptors (Lipinski definition) is 5. The van der Waals surface area contributed by atoms with Crippen molar-refractivity contribution in [3.8, 4) is 0 Å². The first-order valence-electron chi connectivity index (χ1n) is 8.52. The standard InChI is InChI=1S/C16H27N5O2S/c1-5-6-11(2)14-18-19-15(24-14)17-13(22)12-7-9-21(10-8-12)16(23)20(3)4/h11-12H,5-10H2,1-4H3,(H,17,19,22)/t11-/m1/s1. The lowest BCUT2D eigenvalue weighted by molar-refractivity contribution is -0.121. The highest BCUT2D eigenvalue weighted by Gasteiger charge is 2.28. The molecule has 134 valence electrons. The first-order chi connectivity index (χ1) is 11.4. The summed E-state index contributed by atoms with van der Waals surface area (Å²) in [4.78, 5) is 27.7. The van der Waals surface area contributed by atoms with Gasteiger partial charge in [0.25, 0.3) is 0 Å². The van der Waals surface area contributed by atoms with Crippen LogP contribution in [0.5, 0.6) is 0 Å². The van der Waals surface area contributed by atoms with Gasteiger partial charge in [0.15, 0.2) is 0 Å². The van der Waals surface area contributed by atoms with E-state index in [1.54, 1.807) is 23.9 Å².